The van der Waals surface area contributed by atoms with E-state index in [2.05, 4.69) is 17.0 Å². The first kappa shape index (κ1) is 29.3. The molecule has 7 nitrogen and oxygen atoms in total. The molecule has 0 N–H and O–H groups in total. The molecule has 210 valence electrons. The highest BCUT2D eigenvalue weighted by Gasteiger charge is 2.14. The molecule has 0 aliphatic rings. The number of ether oxygens (including phenoxy) is 2. The van der Waals surface area contributed by atoms with Gasteiger partial charge < -0.3 is 14.4 Å². The van der Waals surface area contributed by atoms with Crippen LogP contribution in [-0.4, -0.2) is 45.0 Å². The molecule has 9 heteroatoms. The zero-order valence-electron chi connectivity index (χ0n) is 22.8. The van der Waals surface area contributed by atoms with Gasteiger partial charge in [-0.3, -0.25) is 4.79 Å². The Morgan fingerprint density at radius 3 is 2.27 bits per heavy atom. The van der Waals surface area contributed by atoms with Crippen LogP contribution in [0.5, 0.6) is 5.75 Å². The number of methoxy groups -OCH3 is 1. The van der Waals surface area contributed by atoms with Gasteiger partial charge in [-0.05, 0) is 41.7 Å². The molecule has 0 radical (unpaired) electrons. The predicted octanol–water partition coefficient (Wildman–Crippen LogP) is 5.94. The van der Waals surface area contributed by atoms with Gasteiger partial charge in [-0.1, -0.05) is 66.7 Å². The minimum atomic E-state index is -3.03. The van der Waals surface area contributed by atoms with Crippen LogP contribution < -0.4 is 9.64 Å². The summed E-state index contributed by atoms with van der Waals surface area (Å²) in [4.78, 5) is 18.3. The third-order valence-electron chi connectivity index (χ3n) is 6.35. The fraction of sp³-hybridized carbons (Fsp3) is 0.290. The highest BCUT2D eigenvalue weighted by molar-refractivity contribution is 7.90. The van der Waals surface area contributed by atoms with E-state index in [4.69, 9.17) is 14.5 Å². The van der Waals surface area contributed by atoms with Crippen LogP contribution in [0.3, 0.4) is 0 Å². The van der Waals surface area contributed by atoms with Crippen molar-refractivity contribution in [3.8, 4) is 17.0 Å². The molecule has 0 atom stereocenters. The number of rotatable bonds is 14. The van der Waals surface area contributed by atoms with Crippen molar-refractivity contribution < 1.29 is 22.7 Å². The maximum Gasteiger partial charge on any atom is 0.305 e. The number of carbonyl (C=O) groups is 1. The molecule has 4 rings (SSSR count). The average molecular weight is 579 g/mol. The maximum atomic E-state index is 11.7. The summed E-state index contributed by atoms with van der Waals surface area (Å²) in [5.41, 5.74) is 5.18. The number of aromatic nitrogens is 1. The lowest BCUT2D eigenvalue weighted by Gasteiger charge is -2.22. The van der Waals surface area contributed by atoms with Gasteiger partial charge in [0.1, 0.15) is 22.2 Å². The van der Waals surface area contributed by atoms with Gasteiger partial charge in [-0.25, -0.2) is 13.4 Å². The Kier molecular flexibility index (Phi) is 10.3. The lowest BCUT2D eigenvalue weighted by Crippen LogP contribution is -2.25. The predicted molar refractivity (Wildman–Crippen MR) is 160 cm³/mol. The average Bonchev–Trinajstić information content (AvgIpc) is 3.46. The van der Waals surface area contributed by atoms with Gasteiger partial charge in [0.15, 0.2) is 5.13 Å². The van der Waals surface area contributed by atoms with Gasteiger partial charge in [0.05, 0.1) is 18.6 Å². The Balaban J connectivity index is 1.37. The van der Waals surface area contributed by atoms with E-state index in [1.165, 1.54) is 13.4 Å². The van der Waals surface area contributed by atoms with Crippen molar-refractivity contribution in [2.75, 3.05) is 30.6 Å². The number of hydrogen-bond donors (Lipinski definition) is 0. The second kappa shape index (κ2) is 14.1. The minimum absolute atomic E-state index is 0.142. The van der Waals surface area contributed by atoms with Crippen LogP contribution in [0.4, 0.5) is 5.13 Å². The van der Waals surface area contributed by atoms with Crippen molar-refractivity contribution >= 4 is 32.3 Å². The summed E-state index contributed by atoms with van der Waals surface area (Å²) >= 11 is 1.57. The molecule has 0 spiro atoms. The molecule has 0 bridgehead atoms. The Morgan fingerprint density at radius 2 is 1.60 bits per heavy atom. The summed E-state index contributed by atoms with van der Waals surface area (Å²) in [5.74, 6) is 0.688. The number of benzene rings is 3. The highest BCUT2D eigenvalue weighted by Crippen LogP contribution is 2.29. The smallest absolute Gasteiger partial charge is 0.305 e. The van der Waals surface area contributed by atoms with Gasteiger partial charge in [0, 0.05) is 36.7 Å². The van der Waals surface area contributed by atoms with Crippen molar-refractivity contribution in [1.29, 1.82) is 0 Å². The lowest BCUT2D eigenvalue weighted by molar-refractivity contribution is -0.140. The Bertz CT molecular complexity index is 1470. The second-order valence-corrected chi connectivity index (χ2v) is 12.7. The largest absolute Gasteiger partial charge is 0.489 e. The Morgan fingerprint density at radius 1 is 0.925 bits per heavy atom. The number of esters is 1. The first-order chi connectivity index (χ1) is 19.3. The van der Waals surface area contributed by atoms with Crippen molar-refractivity contribution in [1.82, 2.24) is 4.98 Å². The number of thiazole rings is 1. The molecule has 0 amide bonds. The number of sulfone groups is 1. The Hall–Kier alpha value is -3.69. The SMILES string of the molecule is COC(=O)CCc1ccc(OCc2ccc(CN(CCCS(C)(=O)=O)c3nc(-c4ccccc4)cs3)cc2)cc1. The number of nitrogens with zero attached hydrogens (tertiary/aromatic N) is 2. The quantitative estimate of drug-likeness (QED) is 0.171. The van der Waals surface area contributed by atoms with Crippen LogP contribution in [-0.2, 0) is 38.9 Å². The molecule has 3 aromatic carbocycles. The van der Waals surface area contributed by atoms with E-state index in [-0.39, 0.29) is 11.7 Å². The summed E-state index contributed by atoms with van der Waals surface area (Å²) in [6.07, 6.45) is 2.80. The first-order valence-corrected chi connectivity index (χ1v) is 16.0. The monoisotopic (exact) mass is 578 g/mol. The van der Waals surface area contributed by atoms with Gasteiger partial charge in [-0.2, -0.15) is 0 Å². The number of carbonyl (C=O) groups excluding carboxylic acids is 1. The summed E-state index contributed by atoms with van der Waals surface area (Å²) in [6, 6.07) is 26.0. The molecule has 0 saturated heterocycles. The van der Waals surface area contributed by atoms with Crippen LogP contribution in [0, 0.1) is 0 Å². The fourth-order valence-corrected chi connectivity index (χ4v) is 5.65. The van der Waals surface area contributed by atoms with Crippen LogP contribution in [0.2, 0.25) is 0 Å². The second-order valence-electron chi connectivity index (χ2n) is 9.61. The summed E-state index contributed by atoms with van der Waals surface area (Å²) < 4.78 is 34.1. The molecular formula is C31H34N2O5S2. The molecule has 0 saturated carbocycles. The number of aryl methyl sites for hydroxylation is 1. The van der Waals surface area contributed by atoms with Crippen LogP contribution >= 0.6 is 11.3 Å². The van der Waals surface area contributed by atoms with E-state index in [1.807, 2.05) is 72.1 Å². The van der Waals surface area contributed by atoms with Gasteiger partial charge in [0.25, 0.3) is 0 Å². The summed E-state index contributed by atoms with van der Waals surface area (Å²) in [5, 5.41) is 2.91. The highest BCUT2D eigenvalue weighted by atomic mass is 32.2. The molecule has 4 aromatic rings. The lowest BCUT2D eigenvalue weighted by atomic mass is 10.1. The third kappa shape index (κ3) is 9.20. The van der Waals surface area contributed by atoms with E-state index in [1.54, 1.807) is 11.3 Å². The van der Waals surface area contributed by atoms with Crippen LogP contribution in [0.1, 0.15) is 29.5 Å². The summed E-state index contributed by atoms with van der Waals surface area (Å²) in [6.45, 7) is 1.65. The van der Waals surface area contributed by atoms with E-state index in [0.29, 0.717) is 39.0 Å². The van der Waals surface area contributed by atoms with Crippen LogP contribution in [0.15, 0.2) is 84.2 Å². The van der Waals surface area contributed by atoms with Crippen molar-refractivity contribution in [3.63, 3.8) is 0 Å². The zero-order chi connectivity index (χ0) is 28.4. The van der Waals surface area contributed by atoms with Gasteiger partial charge >= 0.3 is 5.97 Å². The fourth-order valence-electron chi connectivity index (χ4n) is 4.14. The maximum absolute atomic E-state index is 11.7. The van der Waals surface area contributed by atoms with Crippen molar-refractivity contribution in [2.24, 2.45) is 0 Å². The number of hydrogen-bond acceptors (Lipinski definition) is 8. The molecule has 40 heavy (non-hydrogen) atoms. The van der Waals surface area contributed by atoms with E-state index >= 15 is 0 Å². The van der Waals surface area contributed by atoms with Crippen molar-refractivity contribution in [3.05, 3.63) is 101 Å². The topological polar surface area (TPSA) is 85.8 Å². The Labute approximate surface area is 240 Å². The molecule has 0 aliphatic carbocycles. The molecule has 0 fully saturated rings. The number of anilines is 1. The van der Waals surface area contributed by atoms with E-state index < -0.39 is 9.84 Å². The molecule has 1 aromatic heterocycles. The normalized spacial score (nSPS) is 11.2. The molecule has 0 unspecified atom stereocenters. The molecule has 1 heterocycles. The zero-order valence-corrected chi connectivity index (χ0v) is 24.4. The standard InChI is InChI=1S/C31H34N2O5S2/c1-37-30(34)18-15-24-13-16-28(17-14-24)38-22-26-11-9-25(10-12-26)21-33(19-6-20-40(2,35)36)31-32-29(23-39-31)27-7-4-3-5-8-27/h3-5,7-14,16-17,23H,6,15,18-22H2,1-2H3. The van der Waals surface area contributed by atoms with Crippen LogP contribution in [0.25, 0.3) is 11.3 Å². The van der Waals surface area contributed by atoms with Gasteiger partial charge in [0.2, 0.25) is 0 Å². The van der Waals surface area contributed by atoms with Crippen molar-refractivity contribution in [2.45, 2.75) is 32.4 Å². The van der Waals surface area contributed by atoms with E-state index in [9.17, 15) is 13.2 Å². The van der Waals surface area contributed by atoms with Gasteiger partial charge in [-0.15, -0.1) is 11.3 Å². The first-order valence-electron chi connectivity index (χ1n) is 13.1. The van der Waals surface area contributed by atoms with E-state index in [0.717, 1.165) is 38.8 Å². The molecular weight excluding hydrogens is 544 g/mol. The molecule has 0 aliphatic heterocycles. The minimum Gasteiger partial charge on any atom is -0.489 e. The summed E-state index contributed by atoms with van der Waals surface area (Å²) in [7, 11) is -1.64. The third-order valence-corrected chi connectivity index (χ3v) is 8.28.